The topological polar surface area (TPSA) is 120 Å². The van der Waals surface area contributed by atoms with Gasteiger partial charge in [-0.3, -0.25) is 0 Å². The molecule has 5 N–H and O–H groups in total. The summed E-state index contributed by atoms with van der Waals surface area (Å²) >= 11 is 0. The molecule has 9 heteroatoms. The predicted molar refractivity (Wildman–Crippen MR) is 51.1 cm³/mol. The maximum atomic E-state index is 9.23. The molecular weight excluding hydrogens is 218 g/mol. The fourth-order valence-corrected chi connectivity index (χ4v) is 1.28. The van der Waals surface area contributed by atoms with Crippen LogP contribution >= 0.6 is 0 Å². The van der Waals surface area contributed by atoms with E-state index in [-0.39, 0.29) is 29.6 Å². The van der Waals surface area contributed by atoms with Crippen molar-refractivity contribution in [2.75, 3.05) is 13.2 Å². The third-order valence-corrected chi connectivity index (χ3v) is 2.00. The van der Waals surface area contributed by atoms with Crippen molar-refractivity contribution in [3.05, 3.63) is 0 Å². The molecule has 0 radical (unpaired) electrons. The van der Waals surface area contributed by atoms with Crippen LogP contribution in [-0.2, 0) is 9.31 Å². The molecule has 1 fully saturated rings. The van der Waals surface area contributed by atoms with E-state index in [2.05, 4.69) is 0 Å². The summed E-state index contributed by atoms with van der Waals surface area (Å²) in [6.07, 6.45) is -4.68. The van der Waals surface area contributed by atoms with Crippen LogP contribution < -0.4 is 0 Å². The second kappa shape index (κ2) is 7.18. The van der Waals surface area contributed by atoms with Crippen LogP contribution in [0.5, 0.6) is 0 Å². The predicted octanol–water partition coefficient (Wildman–Crippen LogP) is -4.19. The van der Waals surface area contributed by atoms with Gasteiger partial charge in [0.15, 0.2) is 0 Å². The normalized spacial score (nSPS) is 29.8. The monoisotopic (exact) mass is 232 g/mol. The maximum absolute atomic E-state index is 9.23. The minimum atomic E-state index is -1.56. The third kappa shape index (κ3) is 3.93. The first kappa shape index (κ1) is 15.8. The van der Waals surface area contributed by atoms with Gasteiger partial charge in [-0.05, 0) is 0 Å². The summed E-state index contributed by atoms with van der Waals surface area (Å²) in [5.41, 5.74) is 0. The van der Waals surface area contributed by atoms with Gasteiger partial charge in [-0.15, -0.1) is 0 Å². The van der Waals surface area contributed by atoms with Gasteiger partial charge >= 0.3 is 36.9 Å². The first-order valence-corrected chi connectivity index (χ1v) is 4.17. The summed E-state index contributed by atoms with van der Waals surface area (Å²) in [6.45, 7) is -1.18. The Balaban J connectivity index is 0.00000196. The van der Waals surface area contributed by atoms with Crippen molar-refractivity contribution in [1.29, 1.82) is 0 Å². The number of hydrogen-bond acceptors (Lipinski definition) is 7. The van der Waals surface area contributed by atoms with Crippen molar-refractivity contribution in [3.63, 3.8) is 0 Å². The van der Waals surface area contributed by atoms with E-state index in [0.717, 1.165) is 0 Å². The molecule has 0 bridgehead atoms. The summed E-state index contributed by atoms with van der Waals surface area (Å²) in [4.78, 5) is 0. The van der Waals surface area contributed by atoms with Crippen LogP contribution in [0.15, 0.2) is 0 Å². The molecule has 1 aliphatic rings. The van der Waals surface area contributed by atoms with Crippen LogP contribution in [0.2, 0.25) is 0 Å². The van der Waals surface area contributed by atoms with Gasteiger partial charge in [0.2, 0.25) is 0 Å². The molecular formula is C6H14BNaO7. The molecule has 0 amide bonds. The quantitative estimate of drug-likeness (QED) is 0.312. The van der Waals surface area contributed by atoms with Crippen molar-refractivity contribution in [1.82, 2.24) is 0 Å². The Kier molecular flexibility index (Phi) is 7.55. The van der Waals surface area contributed by atoms with E-state index in [0.29, 0.717) is 0 Å². The zero-order chi connectivity index (χ0) is 10.7. The molecule has 84 valence electrons. The van der Waals surface area contributed by atoms with Gasteiger partial charge < -0.3 is 34.8 Å². The molecule has 4 unspecified atom stereocenters. The van der Waals surface area contributed by atoms with E-state index < -0.39 is 45.0 Å². The standard InChI is InChI=1S/C6H13BO7.Na.H/c8-1-3(10)5-6(4(11)2-9)14-7(12)13-5;;/h3-6,8-12H,1-2H2;;. The Morgan fingerprint density at radius 2 is 1.33 bits per heavy atom. The molecule has 0 aromatic heterocycles. The summed E-state index contributed by atoms with van der Waals surface area (Å²) < 4.78 is 9.40. The van der Waals surface area contributed by atoms with Crippen LogP contribution in [0.3, 0.4) is 0 Å². The first-order chi connectivity index (χ1) is 6.60. The van der Waals surface area contributed by atoms with Crippen molar-refractivity contribution in [3.8, 4) is 0 Å². The van der Waals surface area contributed by atoms with E-state index in [1.807, 2.05) is 0 Å². The van der Waals surface area contributed by atoms with E-state index in [1.165, 1.54) is 0 Å². The van der Waals surface area contributed by atoms with E-state index >= 15 is 0 Å². The fraction of sp³-hybridized carbons (Fsp3) is 1.00. The van der Waals surface area contributed by atoms with E-state index in [1.54, 1.807) is 0 Å². The van der Waals surface area contributed by atoms with Gasteiger partial charge in [-0.2, -0.15) is 0 Å². The number of aliphatic hydroxyl groups excluding tert-OH is 4. The molecule has 0 saturated carbocycles. The van der Waals surface area contributed by atoms with E-state index in [9.17, 15) is 10.2 Å². The van der Waals surface area contributed by atoms with Crippen molar-refractivity contribution >= 4 is 36.9 Å². The number of rotatable bonds is 4. The molecule has 0 aromatic carbocycles. The van der Waals surface area contributed by atoms with Crippen molar-refractivity contribution in [2.45, 2.75) is 24.4 Å². The molecule has 1 saturated heterocycles. The van der Waals surface area contributed by atoms with Gasteiger partial charge in [0.1, 0.15) is 24.4 Å². The van der Waals surface area contributed by atoms with Crippen LogP contribution in [0.25, 0.3) is 0 Å². The molecule has 1 aliphatic heterocycles. The Hall–Kier alpha value is 0.785. The van der Waals surface area contributed by atoms with Gasteiger partial charge in [0.25, 0.3) is 0 Å². The van der Waals surface area contributed by atoms with Crippen LogP contribution in [0.1, 0.15) is 0 Å². The van der Waals surface area contributed by atoms with Gasteiger partial charge in [-0.25, -0.2) is 0 Å². The van der Waals surface area contributed by atoms with Crippen LogP contribution in [-0.4, -0.2) is 100.0 Å². The second-order valence-corrected chi connectivity index (χ2v) is 3.01. The SMILES string of the molecule is OCC(O)C1OB(O)OC1C(O)CO.[NaH]. The van der Waals surface area contributed by atoms with Gasteiger partial charge in [-0.1, -0.05) is 0 Å². The molecule has 7 nitrogen and oxygen atoms in total. The molecule has 1 rings (SSSR count). The van der Waals surface area contributed by atoms with Gasteiger partial charge in [0.05, 0.1) is 13.2 Å². The average Bonchev–Trinajstić information content (AvgIpc) is 2.58. The zero-order valence-electron chi connectivity index (χ0n) is 7.35. The van der Waals surface area contributed by atoms with Crippen LogP contribution in [0.4, 0.5) is 0 Å². The third-order valence-electron chi connectivity index (χ3n) is 2.00. The Bertz CT molecular complexity index is 167. The molecule has 0 aliphatic carbocycles. The van der Waals surface area contributed by atoms with E-state index in [4.69, 9.17) is 24.5 Å². The summed E-state index contributed by atoms with van der Waals surface area (Å²) in [6, 6.07) is 0. The zero-order valence-corrected chi connectivity index (χ0v) is 7.35. The fourth-order valence-electron chi connectivity index (χ4n) is 1.28. The van der Waals surface area contributed by atoms with Crippen molar-refractivity contribution < 1.29 is 34.8 Å². The summed E-state index contributed by atoms with van der Waals surface area (Å²) in [5.74, 6) is 0. The Labute approximate surface area is 109 Å². The molecule has 0 spiro atoms. The molecule has 1 heterocycles. The number of aliphatic hydroxyl groups is 4. The average molecular weight is 232 g/mol. The van der Waals surface area contributed by atoms with Crippen LogP contribution in [0, 0.1) is 0 Å². The molecule has 0 aromatic rings. The van der Waals surface area contributed by atoms with Crippen molar-refractivity contribution in [2.24, 2.45) is 0 Å². The number of hydrogen-bond donors (Lipinski definition) is 5. The molecule has 15 heavy (non-hydrogen) atoms. The Morgan fingerprint density at radius 1 is 1.00 bits per heavy atom. The summed E-state index contributed by atoms with van der Waals surface area (Å²) in [5, 5.41) is 44.7. The Morgan fingerprint density at radius 3 is 1.60 bits per heavy atom. The summed E-state index contributed by atoms with van der Waals surface area (Å²) in [7, 11) is -1.56. The second-order valence-electron chi connectivity index (χ2n) is 3.01. The minimum absolute atomic E-state index is 0. The first-order valence-electron chi connectivity index (χ1n) is 4.17. The van der Waals surface area contributed by atoms with Gasteiger partial charge in [0, 0.05) is 0 Å². The molecule has 4 atom stereocenters.